The molecule has 2 aromatic carbocycles. The molecule has 34 heavy (non-hydrogen) atoms. The van der Waals surface area contributed by atoms with E-state index in [1.54, 1.807) is 18.5 Å². The quantitative estimate of drug-likeness (QED) is 0.254. The summed E-state index contributed by atoms with van der Waals surface area (Å²) in [5.74, 6) is 2.47. The number of para-hydroxylation sites is 1. The summed E-state index contributed by atoms with van der Waals surface area (Å²) in [5, 5.41) is 3.05. The van der Waals surface area contributed by atoms with E-state index in [1.807, 2.05) is 59.5 Å². The molecule has 3 aromatic rings. The summed E-state index contributed by atoms with van der Waals surface area (Å²) < 4.78 is 5.83. The van der Waals surface area contributed by atoms with E-state index < -0.39 is 0 Å². The van der Waals surface area contributed by atoms with Gasteiger partial charge in [-0.05, 0) is 30.3 Å². The van der Waals surface area contributed by atoms with E-state index in [4.69, 9.17) is 10.5 Å². The number of aromatic nitrogens is 2. The van der Waals surface area contributed by atoms with E-state index in [9.17, 15) is 4.79 Å². The Bertz CT molecular complexity index is 1070. The highest BCUT2D eigenvalue weighted by molar-refractivity contribution is 14.0. The minimum Gasteiger partial charge on any atom is -0.457 e. The summed E-state index contributed by atoms with van der Waals surface area (Å²) in [6.07, 6.45) is 3.76. The summed E-state index contributed by atoms with van der Waals surface area (Å²) in [7, 11) is 0. The molecule has 0 aliphatic carbocycles. The monoisotopic (exact) mass is 573 g/mol. The van der Waals surface area contributed by atoms with Crippen LogP contribution >= 0.6 is 24.0 Å². The minimum absolute atomic E-state index is 0. The van der Waals surface area contributed by atoms with Gasteiger partial charge in [-0.3, -0.25) is 9.79 Å². The zero-order valence-electron chi connectivity index (χ0n) is 18.7. The van der Waals surface area contributed by atoms with Crippen LogP contribution in [0, 0.1) is 0 Å². The number of nitrogens with two attached hydrogens (primary N) is 1. The fourth-order valence-electron chi connectivity index (χ4n) is 3.49. The topological polar surface area (TPSA) is 109 Å². The molecule has 1 aliphatic heterocycles. The number of hydrogen-bond acceptors (Lipinski definition) is 6. The molecule has 3 N–H and O–H groups in total. The largest absolute Gasteiger partial charge is 0.457 e. The van der Waals surface area contributed by atoms with Crippen molar-refractivity contribution in [3.63, 3.8) is 0 Å². The number of hydrogen-bond donors (Lipinski definition) is 2. The number of ether oxygens (including phenoxy) is 1. The van der Waals surface area contributed by atoms with Crippen LogP contribution in [-0.4, -0.2) is 59.5 Å². The summed E-state index contributed by atoms with van der Waals surface area (Å²) in [4.78, 5) is 29.3. The number of halogens is 1. The van der Waals surface area contributed by atoms with Crippen molar-refractivity contribution in [2.45, 2.75) is 6.42 Å². The van der Waals surface area contributed by atoms with Crippen molar-refractivity contribution >= 4 is 47.5 Å². The molecule has 1 saturated heterocycles. The second-order valence-electron chi connectivity index (χ2n) is 7.50. The Hall–Kier alpha value is -3.41. The molecule has 1 amide bonds. The van der Waals surface area contributed by atoms with E-state index in [0.717, 1.165) is 11.4 Å². The van der Waals surface area contributed by atoms with Gasteiger partial charge in [0.25, 0.3) is 0 Å². The molecule has 0 saturated carbocycles. The number of anilines is 2. The number of carbonyl (C=O) groups excluding carboxylic acids is 1. The Kier molecular flexibility index (Phi) is 9.44. The average molecular weight is 573 g/mol. The number of aliphatic imine (C=N–C) groups is 1. The summed E-state index contributed by atoms with van der Waals surface area (Å²) >= 11 is 0. The molecule has 0 spiro atoms. The molecule has 2 heterocycles. The second-order valence-corrected chi connectivity index (χ2v) is 7.50. The van der Waals surface area contributed by atoms with Crippen LogP contribution in [0.15, 0.2) is 78.0 Å². The van der Waals surface area contributed by atoms with Crippen molar-refractivity contribution < 1.29 is 9.53 Å². The number of piperazine rings is 1. The fraction of sp³-hybridized carbons (Fsp3) is 0.250. The first-order chi connectivity index (χ1) is 16.2. The SMILES string of the molecule is I.NC(=NCCC(=O)N1CCN(c2ncccn2)CC1)Nc1cccc(Oc2ccccc2)c1. The molecular formula is C24H28IN7O2. The normalized spacial score (nSPS) is 13.7. The fourth-order valence-corrected chi connectivity index (χ4v) is 3.49. The van der Waals surface area contributed by atoms with Crippen LogP contribution in [0.3, 0.4) is 0 Å². The van der Waals surface area contributed by atoms with E-state index in [2.05, 4.69) is 25.2 Å². The van der Waals surface area contributed by atoms with Crippen molar-refractivity contribution in [3.05, 3.63) is 73.1 Å². The molecule has 10 heteroatoms. The number of carbonyl (C=O) groups is 1. The van der Waals surface area contributed by atoms with Crippen LogP contribution in [-0.2, 0) is 4.79 Å². The lowest BCUT2D eigenvalue weighted by molar-refractivity contribution is -0.131. The van der Waals surface area contributed by atoms with Crippen LogP contribution in [0.5, 0.6) is 11.5 Å². The van der Waals surface area contributed by atoms with Crippen LogP contribution in [0.2, 0.25) is 0 Å². The molecule has 9 nitrogen and oxygen atoms in total. The lowest BCUT2D eigenvalue weighted by Gasteiger charge is -2.34. The maximum atomic E-state index is 12.5. The van der Waals surface area contributed by atoms with Gasteiger partial charge < -0.3 is 25.6 Å². The zero-order chi connectivity index (χ0) is 22.9. The first-order valence-electron chi connectivity index (χ1n) is 10.9. The minimum atomic E-state index is 0. The predicted molar refractivity (Wildman–Crippen MR) is 144 cm³/mol. The average Bonchev–Trinajstić information content (AvgIpc) is 2.85. The Balaban J connectivity index is 0.00000324. The van der Waals surface area contributed by atoms with Gasteiger partial charge in [-0.25, -0.2) is 9.97 Å². The number of nitrogens with one attached hydrogen (secondary N) is 1. The summed E-state index contributed by atoms with van der Waals surface area (Å²) in [6, 6.07) is 18.8. The highest BCUT2D eigenvalue weighted by Crippen LogP contribution is 2.23. The Morgan fingerprint density at radius 3 is 2.41 bits per heavy atom. The van der Waals surface area contributed by atoms with Crippen LogP contribution in [0.4, 0.5) is 11.6 Å². The van der Waals surface area contributed by atoms with Gasteiger partial charge in [-0.2, -0.15) is 0 Å². The molecule has 4 rings (SSSR count). The second kappa shape index (κ2) is 12.7. The number of benzene rings is 2. The van der Waals surface area contributed by atoms with E-state index in [1.165, 1.54) is 0 Å². The lowest BCUT2D eigenvalue weighted by Crippen LogP contribution is -2.49. The smallest absolute Gasteiger partial charge is 0.225 e. The molecule has 1 fully saturated rings. The van der Waals surface area contributed by atoms with Crippen molar-refractivity contribution in [2.75, 3.05) is 42.9 Å². The first-order valence-corrected chi connectivity index (χ1v) is 10.9. The van der Waals surface area contributed by atoms with Crippen LogP contribution in [0.1, 0.15) is 6.42 Å². The molecule has 0 unspecified atom stereocenters. The summed E-state index contributed by atoms with van der Waals surface area (Å²) in [6.45, 7) is 3.03. The van der Waals surface area contributed by atoms with Crippen molar-refractivity contribution in [1.29, 1.82) is 0 Å². The number of rotatable bonds is 7. The first kappa shape index (κ1) is 25.2. The molecule has 0 bridgehead atoms. The molecule has 0 atom stereocenters. The van der Waals surface area contributed by atoms with Gasteiger partial charge in [0.2, 0.25) is 11.9 Å². The third-order valence-corrected chi connectivity index (χ3v) is 5.16. The standard InChI is InChI=1S/C24H27N7O2.HI/c25-23(29-19-6-4-9-21(18-19)33-20-7-2-1-3-8-20)26-13-10-22(32)30-14-16-31(17-15-30)24-27-11-5-12-28-24;/h1-9,11-12,18H,10,13-17H2,(H3,25,26,29);1H. The Morgan fingerprint density at radius 2 is 1.68 bits per heavy atom. The number of amides is 1. The lowest BCUT2D eigenvalue weighted by atomic mass is 10.3. The maximum Gasteiger partial charge on any atom is 0.225 e. The Labute approximate surface area is 216 Å². The molecule has 178 valence electrons. The van der Waals surface area contributed by atoms with Crippen LogP contribution in [0.25, 0.3) is 0 Å². The molecular weight excluding hydrogens is 545 g/mol. The van der Waals surface area contributed by atoms with Crippen molar-refractivity contribution in [2.24, 2.45) is 10.7 Å². The summed E-state index contributed by atoms with van der Waals surface area (Å²) in [5.41, 5.74) is 6.77. The zero-order valence-corrected chi connectivity index (χ0v) is 21.0. The van der Waals surface area contributed by atoms with E-state index in [0.29, 0.717) is 50.8 Å². The molecule has 1 aliphatic rings. The number of nitrogens with zero attached hydrogens (tertiary/aromatic N) is 5. The van der Waals surface area contributed by atoms with Crippen molar-refractivity contribution in [3.8, 4) is 11.5 Å². The van der Waals surface area contributed by atoms with Gasteiger partial charge in [0.15, 0.2) is 5.96 Å². The van der Waals surface area contributed by atoms with Gasteiger partial charge in [0, 0.05) is 56.7 Å². The maximum absolute atomic E-state index is 12.5. The van der Waals surface area contributed by atoms with E-state index >= 15 is 0 Å². The van der Waals surface area contributed by atoms with Gasteiger partial charge >= 0.3 is 0 Å². The van der Waals surface area contributed by atoms with Gasteiger partial charge in [0.1, 0.15) is 11.5 Å². The van der Waals surface area contributed by atoms with Crippen molar-refractivity contribution in [1.82, 2.24) is 14.9 Å². The highest BCUT2D eigenvalue weighted by atomic mass is 127. The van der Waals surface area contributed by atoms with Gasteiger partial charge in [-0.15, -0.1) is 24.0 Å². The third-order valence-electron chi connectivity index (χ3n) is 5.16. The third kappa shape index (κ3) is 7.30. The van der Waals surface area contributed by atoms with Crippen LogP contribution < -0.4 is 20.7 Å². The predicted octanol–water partition coefficient (Wildman–Crippen LogP) is 3.35. The Morgan fingerprint density at radius 1 is 0.971 bits per heavy atom. The van der Waals surface area contributed by atoms with Gasteiger partial charge in [-0.1, -0.05) is 24.3 Å². The van der Waals surface area contributed by atoms with E-state index in [-0.39, 0.29) is 35.8 Å². The number of guanidine groups is 1. The molecule has 1 aromatic heterocycles. The molecule has 0 radical (unpaired) electrons. The highest BCUT2D eigenvalue weighted by Gasteiger charge is 2.21. The van der Waals surface area contributed by atoms with Gasteiger partial charge in [0.05, 0.1) is 6.54 Å².